The van der Waals surface area contributed by atoms with E-state index >= 15 is 0 Å². The molecule has 1 aliphatic rings. The molecule has 1 amide bonds. The van der Waals surface area contributed by atoms with Crippen LogP contribution in [0.2, 0.25) is 0 Å². The molecule has 0 saturated carbocycles. The van der Waals surface area contributed by atoms with E-state index in [9.17, 15) is 15.0 Å². The minimum atomic E-state index is -0.606. The molecule has 1 saturated heterocycles. The first-order chi connectivity index (χ1) is 9.91. The van der Waals surface area contributed by atoms with E-state index in [4.69, 9.17) is 0 Å². The zero-order valence-electron chi connectivity index (χ0n) is 13.3. The molecule has 0 aromatic rings. The van der Waals surface area contributed by atoms with Crippen LogP contribution in [0.15, 0.2) is 12.2 Å². The van der Waals surface area contributed by atoms with Crippen molar-refractivity contribution in [1.82, 2.24) is 10.2 Å². The Hall–Kier alpha value is -0.910. The summed E-state index contributed by atoms with van der Waals surface area (Å²) in [6, 6.07) is 0. The molecule has 0 aromatic carbocycles. The van der Waals surface area contributed by atoms with Crippen molar-refractivity contribution in [3.05, 3.63) is 12.2 Å². The fourth-order valence-corrected chi connectivity index (χ4v) is 2.58. The largest absolute Gasteiger partial charge is 0.379 e. The predicted molar refractivity (Wildman–Crippen MR) is 83.4 cm³/mol. The summed E-state index contributed by atoms with van der Waals surface area (Å²) in [4.78, 5) is 13.2. The van der Waals surface area contributed by atoms with Gasteiger partial charge in [-0.1, -0.05) is 31.9 Å². The van der Waals surface area contributed by atoms with Crippen LogP contribution in [-0.4, -0.2) is 46.6 Å². The number of aliphatic hydroxyl groups is 2. The number of unbranched alkanes of at least 4 members (excludes halogenated alkanes) is 3. The molecule has 5 nitrogen and oxygen atoms in total. The summed E-state index contributed by atoms with van der Waals surface area (Å²) in [6.07, 6.45) is 4.02. The van der Waals surface area contributed by atoms with Gasteiger partial charge in [0.25, 0.3) is 0 Å². The number of likely N-dealkylation sites (tertiary alicyclic amines) is 1. The van der Waals surface area contributed by atoms with Crippen molar-refractivity contribution in [2.45, 2.75) is 64.8 Å². The lowest BCUT2D eigenvalue weighted by Gasteiger charge is -2.22. The lowest BCUT2D eigenvalue weighted by atomic mass is 10.1. The molecule has 1 rings (SSSR count). The van der Waals surface area contributed by atoms with Gasteiger partial charge in [0.15, 0.2) is 0 Å². The van der Waals surface area contributed by atoms with Gasteiger partial charge in [0.05, 0.1) is 0 Å². The van der Waals surface area contributed by atoms with Crippen molar-refractivity contribution in [2.24, 2.45) is 5.92 Å². The fraction of sp³-hybridized carbons (Fsp3) is 0.812. The fourth-order valence-electron chi connectivity index (χ4n) is 2.58. The summed E-state index contributed by atoms with van der Waals surface area (Å²) < 4.78 is 0. The van der Waals surface area contributed by atoms with Crippen LogP contribution in [0.5, 0.6) is 0 Å². The van der Waals surface area contributed by atoms with Crippen molar-refractivity contribution >= 4 is 5.91 Å². The summed E-state index contributed by atoms with van der Waals surface area (Å²) in [5.41, 5.74) is 1.01. The third kappa shape index (κ3) is 6.59. The molecular formula is C16H30N2O3. The van der Waals surface area contributed by atoms with Crippen LogP contribution in [0.1, 0.15) is 52.4 Å². The second kappa shape index (κ2) is 9.18. The van der Waals surface area contributed by atoms with Crippen molar-refractivity contribution in [3.63, 3.8) is 0 Å². The number of amides is 1. The van der Waals surface area contributed by atoms with E-state index in [1.807, 2.05) is 13.8 Å². The van der Waals surface area contributed by atoms with Crippen molar-refractivity contribution < 1.29 is 15.0 Å². The van der Waals surface area contributed by atoms with Crippen LogP contribution in [0.3, 0.4) is 0 Å². The quantitative estimate of drug-likeness (QED) is 0.325. The summed E-state index contributed by atoms with van der Waals surface area (Å²) in [6.45, 7) is 8.89. The molecule has 21 heavy (non-hydrogen) atoms. The number of aliphatic hydroxyl groups excluding tert-OH is 2. The van der Waals surface area contributed by atoms with Gasteiger partial charge in [0.1, 0.15) is 12.5 Å². The van der Waals surface area contributed by atoms with E-state index in [0.29, 0.717) is 19.5 Å². The number of hydrogen-bond donors (Lipinski definition) is 3. The first-order valence-corrected chi connectivity index (χ1v) is 7.95. The standard InChI is InChI=1S/C16H30N2O3/c1-12(2)11-17-14(19)8-6-4-5-7-9-18-15(20)10-13(3)16(18)21/h13-14,16-17,19,21H,1,4-11H2,2-3H3/t13-,14?,16?/m0/s1. The van der Waals surface area contributed by atoms with E-state index in [1.165, 1.54) is 0 Å². The lowest BCUT2D eigenvalue weighted by Crippen LogP contribution is -2.35. The second-order valence-electron chi connectivity index (χ2n) is 6.24. The molecule has 3 N–H and O–H groups in total. The number of hydrogen-bond acceptors (Lipinski definition) is 4. The smallest absolute Gasteiger partial charge is 0.225 e. The molecule has 0 radical (unpaired) electrons. The Labute approximate surface area is 128 Å². The first-order valence-electron chi connectivity index (χ1n) is 7.95. The second-order valence-corrected chi connectivity index (χ2v) is 6.24. The summed E-state index contributed by atoms with van der Waals surface area (Å²) in [5, 5.41) is 22.6. The van der Waals surface area contributed by atoms with E-state index in [2.05, 4.69) is 11.9 Å². The normalized spacial score (nSPS) is 23.6. The maximum atomic E-state index is 11.6. The molecule has 0 spiro atoms. The minimum Gasteiger partial charge on any atom is -0.379 e. The van der Waals surface area contributed by atoms with Gasteiger partial charge >= 0.3 is 0 Å². The highest BCUT2D eigenvalue weighted by molar-refractivity contribution is 5.78. The molecule has 0 bridgehead atoms. The van der Waals surface area contributed by atoms with E-state index < -0.39 is 12.5 Å². The Morgan fingerprint density at radius 1 is 1.43 bits per heavy atom. The average molecular weight is 298 g/mol. The monoisotopic (exact) mass is 298 g/mol. The maximum absolute atomic E-state index is 11.6. The van der Waals surface area contributed by atoms with Crippen molar-refractivity contribution in [1.29, 1.82) is 0 Å². The summed E-state index contributed by atoms with van der Waals surface area (Å²) >= 11 is 0. The van der Waals surface area contributed by atoms with Crippen molar-refractivity contribution in [3.8, 4) is 0 Å². The summed E-state index contributed by atoms with van der Waals surface area (Å²) in [5.74, 6) is 0.112. The molecule has 0 aliphatic carbocycles. The Balaban J connectivity index is 2.02. The minimum absolute atomic E-state index is 0.0482. The highest BCUT2D eigenvalue weighted by Gasteiger charge is 2.34. The van der Waals surface area contributed by atoms with Gasteiger partial charge in [-0.05, 0) is 26.2 Å². The topological polar surface area (TPSA) is 72.8 Å². The molecule has 122 valence electrons. The lowest BCUT2D eigenvalue weighted by molar-refractivity contribution is -0.133. The molecular weight excluding hydrogens is 268 g/mol. The Bertz CT molecular complexity index is 346. The van der Waals surface area contributed by atoms with Gasteiger partial charge < -0.3 is 15.1 Å². The van der Waals surface area contributed by atoms with Gasteiger partial charge in [0.2, 0.25) is 5.91 Å². The highest BCUT2D eigenvalue weighted by atomic mass is 16.3. The molecule has 0 aromatic heterocycles. The van der Waals surface area contributed by atoms with Crippen LogP contribution in [0, 0.1) is 5.92 Å². The van der Waals surface area contributed by atoms with Crippen LogP contribution >= 0.6 is 0 Å². The highest BCUT2D eigenvalue weighted by Crippen LogP contribution is 2.23. The van der Waals surface area contributed by atoms with Gasteiger partial charge in [-0.3, -0.25) is 10.1 Å². The number of nitrogens with zero attached hydrogens (tertiary/aromatic N) is 1. The predicted octanol–water partition coefficient (Wildman–Crippen LogP) is 1.61. The van der Waals surface area contributed by atoms with Crippen molar-refractivity contribution in [2.75, 3.05) is 13.1 Å². The van der Waals surface area contributed by atoms with E-state index in [-0.39, 0.29) is 11.8 Å². The van der Waals surface area contributed by atoms with Crippen LogP contribution in [0.4, 0.5) is 0 Å². The van der Waals surface area contributed by atoms with E-state index in [1.54, 1.807) is 4.90 Å². The van der Waals surface area contributed by atoms with Crippen LogP contribution < -0.4 is 5.32 Å². The maximum Gasteiger partial charge on any atom is 0.225 e. The van der Waals surface area contributed by atoms with Crippen LogP contribution in [0.25, 0.3) is 0 Å². The van der Waals surface area contributed by atoms with Crippen LogP contribution in [-0.2, 0) is 4.79 Å². The molecule has 1 heterocycles. The molecule has 5 heteroatoms. The zero-order valence-corrected chi connectivity index (χ0v) is 13.3. The average Bonchev–Trinajstić information content (AvgIpc) is 2.66. The number of rotatable bonds is 10. The van der Waals surface area contributed by atoms with Gasteiger partial charge in [0, 0.05) is 25.4 Å². The number of carbonyl (C=O) groups excluding carboxylic acids is 1. The van der Waals surface area contributed by atoms with Gasteiger partial charge in [-0.25, -0.2) is 0 Å². The van der Waals surface area contributed by atoms with E-state index in [0.717, 1.165) is 37.7 Å². The molecule has 1 aliphatic heterocycles. The molecule has 2 unspecified atom stereocenters. The number of carbonyl (C=O) groups is 1. The van der Waals surface area contributed by atoms with Gasteiger partial charge in [-0.15, -0.1) is 0 Å². The third-order valence-electron chi connectivity index (χ3n) is 3.91. The Morgan fingerprint density at radius 2 is 2.10 bits per heavy atom. The first kappa shape index (κ1) is 18.1. The Kier molecular flexibility index (Phi) is 7.93. The molecule has 3 atom stereocenters. The zero-order chi connectivity index (χ0) is 15.8. The number of nitrogens with one attached hydrogen (secondary N) is 1. The molecule has 1 fully saturated rings. The Morgan fingerprint density at radius 3 is 2.67 bits per heavy atom. The van der Waals surface area contributed by atoms with Gasteiger partial charge in [-0.2, -0.15) is 0 Å². The third-order valence-corrected chi connectivity index (χ3v) is 3.91. The SMILES string of the molecule is C=C(C)CNC(O)CCCCCCN1C(=O)C[C@H](C)C1O. The summed E-state index contributed by atoms with van der Waals surface area (Å²) in [7, 11) is 0.